The van der Waals surface area contributed by atoms with Gasteiger partial charge in [-0.25, -0.2) is 0 Å². The van der Waals surface area contributed by atoms with Crippen LogP contribution in [0.3, 0.4) is 0 Å². The van der Waals surface area contributed by atoms with E-state index >= 15 is 0 Å². The van der Waals surface area contributed by atoms with E-state index in [9.17, 15) is 9.59 Å². The fraction of sp³-hybridized carbons (Fsp3) is 0.476. The van der Waals surface area contributed by atoms with Gasteiger partial charge in [0.15, 0.2) is 0 Å². The first-order valence-corrected chi connectivity index (χ1v) is 10.5. The molecular weight excluding hydrogens is 362 g/mol. The molecule has 144 valence electrons. The van der Waals surface area contributed by atoms with Gasteiger partial charge in [0.25, 0.3) is 0 Å². The zero-order chi connectivity index (χ0) is 19.2. The smallest absolute Gasteiger partial charge is 0.149 e. The Morgan fingerprint density at radius 3 is 2.56 bits per heavy atom. The molecule has 0 radical (unpaired) electrons. The molecule has 2 aliphatic rings. The number of aliphatic imine (C=N–C) groups is 1. The largest absolute Gasteiger partial charge is 0.494 e. The lowest BCUT2D eigenvalue weighted by Crippen LogP contribution is -2.34. The lowest BCUT2D eigenvalue weighted by molar-refractivity contribution is -0.132. The normalized spacial score (nSPS) is 18.6. The van der Waals surface area contributed by atoms with Crippen molar-refractivity contribution in [3.63, 3.8) is 0 Å². The van der Waals surface area contributed by atoms with Crippen LogP contribution in [0.1, 0.15) is 38.7 Å². The molecule has 27 heavy (non-hydrogen) atoms. The summed E-state index contributed by atoms with van der Waals surface area (Å²) in [7, 11) is 0. The van der Waals surface area contributed by atoms with E-state index in [2.05, 4.69) is 4.99 Å². The van der Waals surface area contributed by atoms with Crippen molar-refractivity contribution in [3.05, 3.63) is 29.8 Å². The van der Waals surface area contributed by atoms with Gasteiger partial charge < -0.3 is 9.47 Å². The summed E-state index contributed by atoms with van der Waals surface area (Å²) >= 11 is 1.67. The minimum absolute atomic E-state index is 0.00998. The Labute approximate surface area is 164 Å². The number of carbonyl (C=O) groups is 2. The summed E-state index contributed by atoms with van der Waals surface area (Å²) in [6.07, 6.45) is 3.47. The van der Waals surface area contributed by atoms with Gasteiger partial charge in [0.05, 0.1) is 18.9 Å². The third-order valence-electron chi connectivity index (χ3n) is 4.54. The molecule has 1 saturated carbocycles. The maximum atomic E-state index is 12.4. The summed E-state index contributed by atoms with van der Waals surface area (Å²) in [5.41, 5.74) is 1.54. The van der Waals surface area contributed by atoms with Crippen LogP contribution in [0.5, 0.6) is 11.5 Å². The quantitative estimate of drug-likeness (QED) is 0.692. The molecule has 0 saturated heterocycles. The van der Waals surface area contributed by atoms with Crippen LogP contribution in [-0.4, -0.2) is 42.8 Å². The molecule has 1 aromatic carbocycles. The van der Waals surface area contributed by atoms with E-state index in [1.165, 1.54) is 0 Å². The molecule has 0 N–H and O–H groups in total. The Morgan fingerprint density at radius 1 is 1.11 bits per heavy atom. The number of rotatable bonds is 6. The molecular formula is C21H25NO4S. The molecule has 0 unspecified atom stereocenters. The van der Waals surface area contributed by atoms with Gasteiger partial charge in [-0.1, -0.05) is 0 Å². The molecule has 5 nitrogen and oxygen atoms in total. The molecule has 1 heterocycles. The lowest BCUT2D eigenvalue weighted by Gasteiger charge is -2.20. The molecule has 6 heteroatoms. The van der Waals surface area contributed by atoms with Crippen LogP contribution in [0.4, 0.5) is 0 Å². The van der Waals surface area contributed by atoms with Crippen molar-refractivity contribution in [2.45, 2.75) is 33.1 Å². The second-order valence-corrected chi connectivity index (χ2v) is 7.54. The van der Waals surface area contributed by atoms with Crippen LogP contribution in [0.15, 0.2) is 29.3 Å². The fourth-order valence-electron chi connectivity index (χ4n) is 3.35. The second kappa shape index (κ2) is 9.22. The SMILES string of the molecule is CCOc1ccc(C2=CC(C3C(=O)CCCC3=O)=NCCS2)c(OCC)c1. The van der Waals surface area contributed by atoms with E-state index in [0.717, 1.165) is 27.7 Å². The zero-order valence-electron chi connectivity index (χ0n) is 15.8. The van der Waals surface area contributed by atoms with E-state index in [1.54, 1.807) is 11.8 Å². The van der Waals surface area contributed by atoms with Crippen molar-refractivity contribution in [1.29, 1.82) is 0 Å². The minimum atomic E-state index is -0.703. The maximum Gasteiger partial charge on any atom is 0.149 e. The average molecular weight is 388 g/mol. The number of thioether (sulfide) groups is 1. The minimum Gasteiger partial charge on any atom is -0.494 e. The number of ether oxygens (including phenoxy) is 2. The van der Waals surface area contributed by atoms with Crippen molar-refractivity contribution >= 4 is 33.9 Å². The van der Waals surface area contributed by atoms with Gasteiger partial charge in [-0.3, -0.25) is 14.6 Å². The third kappa shape index (κ3) is 4.61. The van der Waals surface area contributed by atoms with Crippen LogP contribution in [0.25, 0.3) is 4.91 Å². The predicted octanol–water partition coefficient (Wildman–Crippen LogP) is 3.95. The molecule has 0 aromatic heterocycles. The van der Waals surface area contributed by atoms with Gasteiger partial charge in [0, 0.05) is 41.7 Å². The molecule has 0 atom stereocenters. The summed E-state index contributed by atoms with van der Waals surface area (Å²) in [5, 5.41) is 0. The Bertz CT molecular complexity index is 768. The van der Waals surface area contributed by atoms with Crippen LogP contribution >= 0.6 is 11.8 Å². The summed E-state index contributed by atoms with van der Waals surface area (Å²) in [6.45, 7) is 5.61. The van der Waals surface area contributed by atoms with Gasteiger partial charge in [0.2, 0.25) is 0 Å². The van der Waals surface area contributed by atoms with E-state index in [4.69, 9.17) is 9.47 Å². The number of allylic oxidation sites excluding steroid dienone is 1. The Balaban J connectivity index is 1.97. The average Bonchev–Trinajstić information content (AvgIpc) is 2.89. The number of nitrogens with zero attached hydrogens (tertiary/aromatic N) is 1. The van der Waals surface area contributed by atoms with E-state index in [-0.39, 0.29) is 11.6 Å². The van der Waals surface area contributed by atoms with E-state index < -0.39 is 5.92 Å². The molecule has 3 rings (SSSR count). The highest BCUT2D eigenvalue weighted by molar-refractivity contribution is 8.08. The molecule has 0 spiro atoms. The van der Waals surface area contributed by atoms with Crippen molar-refractivity contribution in [2.24, 2.45) is 10.9 Å². The summed E-state index contributed by atoms with van der Waals surface area (Å²) in [4.78, 5) is 30.3. The Morgan fingerprint density at radius 2 is 1.85 bits per heavy atom. The number of hydrogen-bond acceptors (Lipinski definition) is 6. The highest BCUT2D eigenvalue weighted by atomic mass is 32.2. The molecule has 1 fully saturated rings. The monoisotopic (exact) mass is 387 g/mol. The maximum absolute atomic E-state index is 12.4. The number of Topliss-reactive ketones (excluding diaryl/α,β-unsaturated/α-hetero) is 2. The Kier molecular flexibility index (Phi) is 6.72. The van der Waals surface area contributed by atoms with Gasteiger partial charge in [-0.15, -0.1) is 11.8 Å². The molecule has 1 aliphatic carbocycles. The highest BCUT2D eigenvalue weighted by Crippen LogP contribution is 2.38. The van der Waals surface area contributed by atoms with Gasteiger partial charge >= 0.3 is 0 Å². The molecule has 0 bridgehead atoms. The molecule has 1 aliphatic heterocycles. The third-order valence-corrected chi connectivity index (χ3v) is 5.57. The van der Waals surface area contributed by atoms with Crippen molar-refractivity contribution in [3.8, 4) is 11.5 Å². The number of carbonyl (C=O) groups excluding carboxylic acids is 2. The van der Waals surface area contributed by atoms with Crippen molar-refractivity contribution in [2.75, 3.05) is 25.5 Å². The fourth-order valence-corrected chi connectivity index (χ4v) is 4.29. The zero-order valence-corrected chi connectivity index (χ0v) is 16.6. The number of ketones is 2. The first-order chi connectivity index (χ1) is 13.1. The van der Waals surface area contributed by atoms with Crippen molar-refractivity contribution in [1.82, 2.24) is 0 Å². The first-order valence-electron chi connectivity index (χ1n) is 9.48. The summed E-state index contributed by atoms with van der Waals surface area (Å²) in [6, 6.07) is 5.78. The number of benzene rings is 1. The van der Waals surface area contributed by atoms with Gasteiger partial charge in [0.1, 0.15) is 29.0 Å². The lowest BCUT2D eigenvalue weighted by atomic mass is 9.83. The highest BCUT2D eigenvalue weighted by Gasteiger charge is 2.34. The van der Waals surface area contributed by atoms with Gasteiger partial charge in [-0.05, 0) is 38.5 Å². The van der Waals surface area contributed by atoms with Crippen LogP contribution in [0.2, 0.25) is 0 Å². The standard InChI is InChI=1S/C21H25NO4S/c1-3-25-14-8-9-15(19(12-14)26-4-2)20-13-16(22-10-11-27-20)21-17(23)6-5-7-18(21)24/h8-9,12-13,21H,3-7,10-11H2,1-2H3. The number of hydrogen-bond donors (Lipinski definition) is 0. The molecule has 0 amide bonds. The van der Waals surface area contributed by atoms with Gasteiger partial charge in [-0.2, -0.15) is 0 Å². The van der Waals surface area contributed by atoms with Crippen molar-refractivity contribution < 1.29 is 19.1 Å². The first kappa shape index (κ1) is 19.7. The summed E-state index contributed by atoms with van der Waals surface area (Å²) < 4.78 is 11.4. The predicted molar refractivity (Wildman–Crippen MR) is 109 cm³/mol. The topological polar surface area (TPSA) is 65.0 Å². The van der Waals surface area contributed by atoms with Crippen LogP contribution in [-0.2, 0) is 9.59 Å². The van der Waals surface area contributed by atoms with E-state index in [0.29, 0.717) is 44.7 Å². The van der Waals surface area contributed by atoms with E-state index in [1.807, 2.05) is 38.1 Å². The van der Waals surface area contributed by atoms with Crippen LogP contribution in [0, 0.1) is 5.92 Å². The molecule has 1 aromatic rings. The van der Waals surface area contributed by atoms with Crippen LogP contribution < -0.4 is 9.47 Å². The Hall–Kier alpha value is -2.08. The summed E-state index contributed by atoms with van der Waals surface area (Å²) in [5.74, 6) is 1.57. The second-order valence-electron chi connectivity index (χ2n) is 6.41.